The molecule has 2 N–H and O–H groups in total. The normalized spacial score (nSPS) is 21.9. The Bertz CT molecular complexity index is 423. The van der Waals surface area contributed by atoms with Crippen LogP contribution in [0.1, 0.15) is 31.9 Å². The zero-order chi connectivity index (χ0) is 12.3. The summed E-state index contributed by atoms with van der Waals surface area (Å²) in [5.74, 6) is 0.678. The summed E-state index contributed by atoms with van der Waals surface area (Å²) in [5.41, 5.74) is 6.40. The minimum atomic E-state index is 0.0730. The Labute approximate surface area is 101 Å². The lowest BCUT2D eigenvalue weighted by Crippen LogP contribution is -2.50. The van der Waals surface area contributed by atoms with Crippen molar-refractivity contribution in [2.24, 2.45) is 5.73 Å². The van der Waals surface area contributed by atoms with E-state index in [4.69, 9.17) is 11.0 Å². The van der Waals surface area contributed by atoms with Crippen molar-refractivity contribution < 1.29 is 0 Å². The molecule has 1 aliphatic rings. The molecule has 2 atom stereocenters. The first-order chi connectivity index (χ1) is 8.24. The standard InChI is InChI=1S/C12H17N5/c1-9(14)11-4-2-3-7-17(11)12-10(8-13)15-5-6-16-12/h5-6,9,11H,2-4,7,14H2,1H3. The fourth-order valence-corrected chi connectivity index (χ4v) is 2.39. The SMILES string of the molecule is CC(N)C1CCCCN1c1nccnc1C#N. The van der Waals surface area contributed by atoms with Crippen LogP contribution in [-0.2, 0) is 0 Å². The average Bonchev–Trinajstić information content (AvgIpc) is 2.38. The summed E-state index contributed by atoms with van der Waals surface area (Å²) in [5, 5.41) is 9.06. The Morgan fingerprint density at radius 3 is 2.94 bits per heavy atom. The fraction of sp³-hybridized carbons (Fsp3) is 0.583. The van der Waals surface area contributed by atoms with Gasteiger partial charge in [-0.05, 0) is 26.2 Å². The molecule has 0 radical (unpaired) electrons. The van der Waals surface area contributed by atoms with Crippen LogP contribution in [-0.4, -0.2) is 28.6 Å². The van der Waals surface area contributed by atoms with Crippen LogP contribution in [0.3, 0.4) is 0 Å². The van der Waals surface area contributed by atoms with Crippen molar-refractivity contribution >= 4 is 5.82 Å². The lowest BCUT2D eigenvalue weighted by molar-refractivity contribution is 0.410. The van der Waals surface area contributed by atoms with Gasteiger partial charge in [-0.15, -0.1) is 0 Å². The van der Waals surface area contributed by atoms with E-state index in [-0.39, 0.29) is 12.1 Å². The van der Waals surface area contributed by atoms with Crippen LogP contribution in [0.5, 0.6) is 0 Å². The topological polar surface area (TPSA) is 78.8 Å². The molecule has 0 saturated carbocycles. The molecule has 0 aliphatic carbocycles. The maximum Gasteiger partial charge on any atom is 0.183 e. The zero-order valence-corrected chi connectivity index (χ0v) is 10.0. The molecule has 0 bridgehead atoms. The molecule has 1 aliphatic heterocycles. The summed E-state index contributed by atoms with van der Waals surface area (Å²) >= 11 is 0. The molecule has 2 rings (SSSR count). The van der Waals surface area contributed by atoms with Crippen LogP contribution < -0.4 is 10.6 Å². The number of anilines is 1. The highest BCUT2D eigenvalue weighted by atomic mass is 15.2. The third-order valence-corrected chi connectivity index (χ3v) is 3.21. The zero-order valence-electron chi connectivity index (χ0n) is 10.0. The molecule has 1 saturated heterocycles. The molecular weight excluding hydrogens is 214 g/mol. The number of nitriles is 1. The van der Waals surface area contributed by atoms with E-state index in [0.29, 0.717) is 11.5 Å². The Kier molecular flexibility index (Phi) is 3.55. The van der Waals surface area contributed by atoms with Gasteiger partial charge < -0.3 is 10.6 Å². The predicted molar refractivity (Wildman–Crippen MR) is 65.4 cm³/mol. The van der Waals surface area contributed by atoms with E-state index in [9.17, 15) is 0 Å². The van der Waals surface area contributed by atoms with E-state index in [1.807, 2.05) is 6.92 Å². The van der Waals surface area contributed by atoms with E-state index in [2.05, 4.69) is 20.9 Å². The quantitative estimate of drug-likeness (QED) is 0.823. The molecule has 5 heteroatoms. The molecule has 2 unspecified atom stereocenters. The minimum Gasteiger partial charge on any atom is -0.350 e. The second-order valence-electron chi connectivity index (χ2n) is 4.46. The number of hydrogen-bond donors (Lipinski definition) is 1. The van der Waals surface area contributed by atoms with Crippen LogP contribution in [0.25, 0.3) is 0 Å². The molecule has 2 heterocycles. The number of aromatic nitrogens is 2. The monoisotopic (exact) mass is 231 g/mol. The first kappa shape index (κ1) is 11.8. The number of nitrogens with zero attached hydrogens (tertiary/aromatic N) is 4. The van der Waals surface area contributed by atoms with Gasteiger partial charge in [-0.3, -0.25) is 0 Å². The molecule has 0 spiro atoms. The van der Waals surface area contributed by atoms with E-state index >= 15 is 0 Å². The van der Waals surface area contributed by atoms with Crippen molar-refractivity contribution in [2.75, 3.05) is 11.4 Å². The summed E-state index contributed by atoms with van der Waals surface area (Å²) in [7, 11) is 0. The van der Waals surface area contributed by atoms with Crippen molar-refractivity contribution in [1.82, 2.24) is 9.97 Å². The molecule has 0 amide bonds. The molecule has 17 heavy (non-hydrogen) atoms. The van der Waals surface area contributed by atoms with Gasteiger partial charge in [0.2, 0.25) is 0 Å². The second-order valence-corrected chi connectivity index (χ2v) is 4.46. The van der Waals surface area contributed by atoms with E-state index in [1.165, 1.54) is 6.42 Å². The van der Waals surface area contributed by atoms with E-state index < -0.39 is 0 Å². The Balaban J connectivity index is 2.33. The third-order valence-electron chi connectivity index (χ3n) is 3.21. The van der Waals surface area contributed by atoms with E-state index in [0.717, 1.165) is 19.4 Å². The van der Waals surface area contributed by atoms with Crippen molar-refractivity contribution in [1.29, 1.82) is 5.26 Å². The fourth-order valence-electron chi connectivity index (χ4n) is 2.39. The maximum atomic E-state index is 9.06. The Morgan fingerprint density at radius 2 is 2.24 bits per heavy atom. The van der Waals surface area contributed by atoms with Gasteiger partial charge in [0.25, 0.3) is 0 Å². The van der Waals surface area contributed by atoms with Crippen LogP contribution in [0, 0.1) is 11.3 Å². The van der Waals surface area contributed by atoms with Crippen molar-refractivity contribution in [3.8, 4) is 6.07 Å². The lowest BCUT2D eigenvalue weighted by Gasteiger charge is -2.38. The summed E-state index contributed by atoms with van der Waals surface area (Å²) in [4.78, 5) is 10.5. The van der Waals surface area contributed by atoms with Gasteiger partial charge >= 0.3 is 0 Å². The average molecular weight is 231 g/mol. The summed E-state index contributed by atoms with van der Waals surface area (Å²) < 4.78 is 0. The number of piperidine rings is 1. The smallest absolute Gasteiger partial charge is 0.183 e. The van der Waals surface area contributed by atoms with Gasteiger partial charge in [0.1, 0.15) is 6.07 Å². The van der Waals surface area contributed by atoms with Gasteiger partial charge in [-0.2, -0.15) is 5.26 Å². The van der Waals surface area contributed by atoms with Crippen molar-refractivity contribution in [2.45, 2.75) is 38.3 Å². The lowest BCUT2D eigenvalue weighted by atomic mass is 9.97. The van der Waals surface area contributed by atoms with Gasteiger partial charge in [-0.25, -0.2) is 9.97 Å². The predicted octanol–water partition coefficient (Wildman–Crippen LogP) is 1.05. The minimum absolute atomic E-state index is 0.0730. The second kappa shape index (κ2) is 5.11. The number of nitrogens with two attached hydrogens (primary N) is 1. The summed E-state index contributed by atoms with van der Waals surface area (Å²) in [6, 6.07) is 2.43. The van der Waals surface area contributed by atoms with Crippen LogP contribution in [0.2, 0.25) is 0 Å². The molecule has 0 aromatic carbocycles. The highest BCUT2D eigenvalue weighted by Crippen LogP contribution is 2.25. The van der Waals surface area contributed by atoms with Crippen LogP contribution in [0.4, 0.5) is 5.82 Å². The maximum absolute atomic E-state index is 9.06. The molecule has 1 aromatic rings. The van der Waals surface area contributed by atoms with Crippen molar-refractivity contribution in [3.63, 3.8) is 0 Å². The Morgan fingerprint density at radius 1 is 1.47 bits per heavy atom. The van der Waals surface area contributed by atoms with Crippen LogP contribution >= 0.6 is 0 Å². The van der Waals surface area contributed by atoms with Gasteiger partial charge in [0, 0.05) is 31.0 Å². The molecule has 1 aromatic heterocycles. The third kappa shape index (κ3) is 2.37. The molecular formula is C12H17N5. The number of hydrogen-bond acceptors (Lipinski definition) is 5. The van der Waals surface area contributed by atoms with Gasteiger partial charge in [0.15, 0.2) is 11.5 Å². The molecule has 5 nitrogen and oxygen atoms in total. The van der Waals surface area contributed by atoms with E-state index in [1.54, 1.807) is 12.4 Å². The summed E-state index contributed by atoms with van der Waals surface area (Å²) in [6.45, 7) is 2.91. The van der Waals surface area contributed by atoms with Gasteiger partial charge in [-0.1, -0.05) is 0 Å². The highest BCUT2D eigenvalue weighted by molar-refractivity contribution is 5.50. The Hall–Kier alpha value is -1.67. The first-order valence-electron chi connectivity index (χ1n) is 5.97. The summed E-state index contributed by atoms with van der Waals surface area (Å²) in [6.07, 6.45) is 6.53. The largest absolute Gasteiger partial charge is 0.350 e. The number of rotatable bonds is 2. The van der Waals surface area contributed by atoms with Crippen molar-refractivity contribution in [3.05, 3.63) is 18.1 Å². The van der Waals surface area contributed by atoms with Crippen LogP contribution in [0.15, 0.2) is 12.4 Å². The molecule has 90 valence electrons. The highest BCUT2D eigenvalue weighted by Gasteiger charge is 2.28. The van der Waals surface area contributed by atoms with Gasteiger partial charge in [0.05, 0.1) is 0 Å². The first-order valence-corrected chi connectivity index (χ1v) is 5.97. The molecule has 1 fully saturated rings.